The summed E-state index contributed by atoms with van der Waals surface area (Å²) in [7, 11) is -3.27. The third-order valence-corrected chi connectivity index (χ3v) is 2.99. The van der Waals surface area contributed by atoms with Crippen molar-refractivity contribution in [3.63, 3.8) is 0 Å². The lowest BCUT2D eigenvalue weighted by atomic mass is 9.85. The summed E-state index contributed by atoms with van der Waals surface area (Å²) in [5.41, 5.74) is 0. The predicted octanol–water partition coefficient (Wildman–Crippen LogP) is -0.335. The highest BCUT2D eigenvalue weighted by Crippen LogP contribution is 2.24. The van der Waals surface area contributed by atoms with E-state index in [-0.39, 0.29) is 5.75 Å². The maximum Gasteiger partial charge on any atom is 0.210 e. The number of rotatable bonds is 5. The van der Waals surface area contributed by atoms with Gasteiger partial charge < -0.3 is 5.32 Å². The second-order valence-corrected chi connectivity index (χ2v) is 5.10. The fraction of sp³-hybridized carbons (Fsp3) is 1.00. The zero-order valence-electron chi connectivity index (χ0n) is 7.12. The lowest BCUT2D eigenvalue weighted by Crippen LogP contribution is -2.32. The Hall–Kier alpha value is -0.130. The Morgan fingerprint density at radius 3 is 2.50 bits per heavy atom. The summed E-state index contributed by atoms with van der Waals surface area (Å²) in [6.07, 6.45) is 3.88. The van der Waals surface area contributed by atoms with E-state index < -0.39 is 10.0 Å². The first-order chi connectivity index (χ1) is 5.58. The van der Waals surface area contributed by atoms with Gasteiger partial charge in [0.05, 0.1) is 5.75 Å². The van der Waals surface area contributed by atoms with Crippen LogP contribution in [0.3, 0.4) is 0 Å². The van der Waals surface area contributed by atoms with Crippen molar-refractivity contribution in [3.8, 4) is 0 Å². The van der Waals surface area contributed by atoms with Crippen LogP contribution in [0.1, 0.15) is 19.3 Å². The Morgan fingerprint density at radius 1 is 1.42 bits per heavy atom. The molecule has 4 nitrogen and oxygen atoms in total. The first kappa shape index (κ1) is 9.95. The van der Waals surface area contributed by atoms with Gasteiger partial charge in [-0.1, -0.05) is 6.42 Å². The Morgan fingerprint density at radius 2 is 2.08 bits per heavy atom. The molecule has 0 unspecified atom stereocenters. The van der Waals surface area contributed by atoms with Crippen LogP contribution in [-0.2, 0) is 10.0 Å². The number of hydrogen-bond acceptors (Lipinski definition) is 3. The zero-order chi connectivity index (χ0) is 9.03. The number of sulfonamides is 1. The van der Waals surface area contributed by atoms with Crippen LogP contribution >= 0.6 is 0 Å². The molecule has 1 fully saturated rings. The fourth-order valence-electron chi connectivity index (χ4n) is 1.22. The maximum atomic E-state index is 10.5. The molecular weight excluding hydrogens is 176 g/mol. The van der Waals surface area contributed by atoms with Gasteiger partial charge in [0.15, 0.2) is 0 Å². The van der Waals surface area contributed by atoms with Crippen molar-refractivity contribution in [2.75, 3.05) is 18.8 Å². The van der Waals surface area contributed by atoms with Gasteiger partial charge in [-0.2, -0.15) is 0 Å². The van der Waals surface area contributed by atoms with Crippen molar-refractivity contribution in [1.29, 1.82) is 0 Å². The summed E-state index contributed by atoms with van der Waals surface area (Å²) in [5, 5.41) is 7.92. The van der Waals surface area contributed by atoms with E-state index in [4.69, 9.17) is 5.14 Å². The summed E-state index contributed by atoms with van der Waals surface area (Å²) in [6, 6.07) is 0. The van der Waals surface area contributed by atoms with Crippen LogP contribution in [0.25, 0.3) is 0 Å². The molecule has 12 heavy (non-hydrogen) atoms. The molecule has 0 radical (unpaired) electrons. The molecule has 0 spiro atoms. The van der Waals surface area contributed by atoms with E-state index in [1.54, 1.807) is 0 Å². The number of hydrogen-bond donors (Lipinski definition) is 2. The molecule has 1 saturated carbocycles. The Kier molecular flexibility index (Phi) is 3.49. The number of nitrogens with one attached hydrogen (secondary N) is 1. The first-order valence-corrected chi connectivity index (χ1v) is 6.00. The lowest BCUT2D eigenvalue weighted by molar-refractivity contribution is 0.304. The molecule has 0 aromatic carbocycles. The number of nitrogens with two attached hydrogens (primary N) is 1. The molecule has 3 N–H and O–H groups in total. The van der Waals surface area contributed by atoms with Gasteiger partial charge in [-0.05, 0) is 25.3 Å². The van der Waals surface area contributed by atoms with E-state index in [0.29, 0.717) is 6.54 Å². The smallest absolute Gasteiger partial charge is 0.210 e. The molecule has 72 valence electrons. The van der Waals surface area contributed by atoms with Gasteiger partial charge in [-0.3, -0.25) is 0 Å². The van der Waals surface area contributed by atoms with E-state index >= 15 is 0 Å². The van der Waals surface area contributed by atoms with Crippen LogP contribution in [0, 0.1) is 5.92 Å². The Balaban J connectivity index is 1.95. The largest absolute Gasteiger partial charge is 0.315 e. The highest BCUT2D eigenvalue weighted by atomic mass is 32.2. The van der Waals surface area contributed by atoms with Crippen molar-refractivity contribution in [2.24, 2.45) is 11.1 Å². The monoisotopic (exact) mass is 192 g/mol. The van der Waals surface area contributed by atoms with E-state index in [0.717, 1.165) is 12.5 Å². The average Bonchev–Trinajstić information content (AvgIpc) is 1.80. The summed E-state index contributed by atoms with van der Waals surface area (Å²) >= 11 is 0. The predicted molar refractivity (Wildman–Crippen MR) is 48.2 cm³/mol. The molecule has 0 saturated heterocycles. The summed E-state index contributed by atoms with van der Waals surface area (Å²) in [5.74, 6) is 0.810. The second kappa shape index (κ2) is 4.20. The molecule has 5 heteroatoms. The molecule has 1 aliphatic carbocycles. The minimum Gasteiger partial charge on any atom is -0.315 e. The summed E-state index contributed by atoms with van der Waals surface area (Å²) in [4.78, 5) is 0. The van der Waals surface area contributed by atoms with Crippen LogP contribution in [-0.4, -0.2) is 27.3 Å². The highest BCUT2D eigenvalue weighted by Gasteiger charge is 2.16. The van der Waals surface area contributed by atoms with E-state index in [1.165, 1.54) is 19.3 Å². The molecule has 0 heterocycles. The van der Waals surface area contributed by atoms with Crippen LogP contribution < -0.4 is 10.5 Å². The molecule has 1 aliphatic rings. The van der Waals surface area contributed by atoms with Gasteiger partial charge >= 0.3 is 0 Å². The molecule has 0 aliphatic heterocycles. The third-order valence-electron chi connectivity index (χ3n) is 2.22. The molecule has 0 bridgehead atoms. The topological polar surface area (TPSA) is 72.2 Å². The van der Waals surface area contributed by atoms with Crippen molar-refractivity contribution in [1.82, 2.24) is 5.32 Å². The fourth-order valence-corrected chi connectivity index (χ4v) is 1.65. The third kappa shape index (κ3) is 4.04. The van der Waals surface area contributed by atoms with Crippen LogP contribution in [0.2, 0.25) is 0 Å². The van der Waals surface area contributed by atoms with Crippen LogP contribution in [0.4, 0.5) is 0 Å². The Bertz CT molecular complexity index is 222. The van der Waals surface area contributed by atoms with Gasteiger partial charge in [0, 0.05) is 6.54 Å². The minimum atomic E-state index is -3.27. The average molecular weight is 192 g/mol. The minimum absolute atomic E-state index is 0.0414. The molecule has 0 aromatic heterocycles. The van der Waals surface area contributed by atoms with Crippen molar-refractivity contribution in [3.05, 3.63) is 0 Å². The summed E-state index contributed by atoms with van der Waals surface area (Å²) in [6.45, 7) is 1.42. The van der Waals surface area contributed by atoms with Gasteiger partial charge in [0.25, 0.3) is 0 Å². The van der Waals surface area contributed by atoms with E-state index in [9.17, 15) is 8.42 Å². The van der Waals surface area contributed by atoms with Gasteiger partial charge in [0.2, 0.25) is 10.0 Å². The SMILES string of the molecule is NS(=O)(=O)CCNCC1CCC1. The maximum absolute atomic E-state index is 10.5. The van der Waals surface area contributed by atoms with Crippen molar-refractivity contribution < 1.29 is 8.42 Å². The number of primary sulfonamides is 1. The first-order valence-electron chi connectivity index (χ1n) is 4.29. The highest BCUT2D eigenvalue weighted by molar-refractivity contribution is 7.89. The van der Waals surface area contributed by atoms with Gasteiger partial charge in [0.1, 0.15) is 0 Å². The van der Waals surface area contributed by atoms with Gasteiger partial charge in [-0.25, -0.2) is 13.6 Å². The standard InChI is InChI=1S/C7H16N2O2S/c8-12(10,11)5-4-9-6-7-2-1-3-7/h7,9H,1-6H2,(H2,8,10,11). The Labute approximate surface area is 73.6 Å². The van der Waals surface area contributed by atoms with Crippen LogP contribution in [0.15, 0.2) is 0 Å². The summed E-state index contributed by atoms with van der Waals surface area (Å²) < 4.78 is 21.0. The van der Waals surface area contributed by atoms with Gasteiger partial charge in [-0.15, -0.1) is 0 Å². The second-order valence-electron chi connectivity index (χ2n) is 3.37. The van der Waals surface area contributed by atoms with Crippen LogP contribution in [0.5, 0.6) is 0 Å². The molecular formula is C7H16N2O2S. The molecule has 0 aromatic rings. The zero-order valence-corrected chi connectivity index (χ0v) is 7.94. The normalized spacial score (nSPS) is 19.1. The molecule has 0 atom stereocenters. The van der Waals surface area contributed by atoms with E-state index in [2.05, 4.69) is 5.32 Å². The molecule has 0 amide bonds. The molecule has 1 rings (SSSR count). The van der Waals surface area contributed by atoms with Crippen molar-refractivity contribution in [2.45, 2.75) is 19.3 Å². The quantitative estimate of drug-likeness (QED) is 0.586. The van der Waals surface area contributed by atoms with E-state index in [1.807, 2.05) is 0 Å². The lowest BCUT2D eigenvalue weighted by Gasteiger charge is -2.25. The van der Waals surface area contributed by atoms with Crippen molar-refractivity contribution >= 4 is 10.0 Å².